The maximum Gasteiger partial charge on any atom is 0.228 e. The summed E-state index contributed by atoms with van der Waals surface area (Å²) in [6.07, 6.45) is 0.381. The molecule has 1 fully saturated rings. The van der Waals surface area contributed by atoms with Crippen LogP contribution in [0.4, 0.5) is 5.69 Å². The molecule has 3 aromatic rings. The van der Waals surface area contributed by atoms with Crippen LogP contribution in [-0.4, -0.2) is 47.2 Å². The summed E-state index contributed by atoms with van der Waals surface area (Å²) in [5.41, 5.74) is 3.04. The van der Waals surface area contributed by atoms with Crippen LogP contribution in [0.15, 0.2) is 54.6 Å². The predicted molar refractivity (Wildman–Crippen MR) is 95.0 cm³/mol. The summed E-state index contributed by atoms with van der Waals surface area (Å²) in [4.78, 5) is 16.9. The van der Waals surface area contributed by atoms with Crippen LogP contribution >= 0.6 is 0 Å². The number of aromatic nitrogens is 2. The van der Waals surface area contributed by atoms with E-state index in [-0.39, 0.29) is 5.91 Å². The van der Waals surface area contributed by atoms with E-state index in [9.17, 15) is 4.79 Å². The number of para-hydroxylation sites is 2. The normalized spacial score (nSPS) is 15.0. The minimum Gasteiger partial charge on any atom is -0.368 e. The Morgan fingerprint density at radius 2 is 1.67 bits per heavy atom. The van der Waals surface area contributed by atoms with E-state index < -0.39 is 0 Å². The number of carbonyl (C=O) groups excluding carboxylic acids is 1. The Bertz CT molecular complexity index is 835. The number of hydrogen-bond donors (Lipinski definition) is 1. The van der Waals surface area contributed by atoms with E-state index in [1.54, 1.807) is 0 Å². The van der Waals surface area contributed by atoms with Crippen molar-refractivity contribution in [2.24, 2.45) is 0 Å². The second-order valence-corrected chi connectivity index (χ2v) is 6.10. The van der Waals surface area contributed by atoms with Gasteiger partial charge < -0.3 is 9.80 Å². The van der Waals surface area contributed by atoms with Gasteiger partial charge in [0.25, 0.3) is 0 Å². The number of amides is 1. The van der Waals surface area contributed by atoms with Crippen molar-refractivity contribution < 1.29 is 4.79 Å². The predicted octanol–water partition coefficient (Wildman–Crippen LogP) is 2.45. The summed E-state index contributed by atoms with van der Waals surface area (Å²) in [5.74, 6) is 0.164. The van der Waals surface area contributed by atoms with Crippen molar-refractivity contribution in [1.82, 2.24) is 15.1 Å². The summed E-state index contributed by atoms with van der Waals surface area (Å²) in [7, 11) is 0. The smallest absolute Gasteiger partial charge is 0.228 e. The summed E-state index contributed by atoms with van der Waals surface area (Å²) in [6, 6.07) is 18.3. The maximum atomic E-state index is 12.6. The minimum absolute atomic E-state index is 0.164. The van der Waals surface area contributed by atoms with Crippen LogP contribution in [0.2, 0.25) is 0 Å². The molecule has 0 radical (unpaired) electrons. The zero-order valence-corrected chi connectivity index (χ0v) is 13.5. The number of anilines is 1. The van der Waals surface area contributed by atoms with E-state index in [1.165, 1.54) is 5.69 Å². The zero-order chi connectivity index (χ0) is 16.4. The molecule has 5 nitrogen and oxygen atoms in total. The van der Waals surface area contributed by atoms with Crippen molar-refractivity contribution in [1.29, 1.82) is 0 Å². The van der Waals surface area contributed by atoms with Crippen LogP contribution in [0, 0.1) is 0 Å². The molecular weight excluding hydrogens is 300 g/mol. The second-order valence-electron chi connectivity index (χ2n) is 6.10. The monoisotopic (exact) mass is 320 g/mol. The van der Waals surface area contributed by atoms with Crippen molar-refractivity contribution in [3.05, 3.63) is 60.3 Å². The van der Waals surface area contributed by atoms with Crippen LogP contribution in [0.3, 0.4) is 0 Å². The third-order valence-corrected chi connectivity index (χ3v) is 4.62. The number of aromatic amines is 1. The van der Waals surface area contributed by atoms with Crippen LogP contribution in [-0.2, 0) is 11.2 Å². The van der Waals surface area contributed by atoms with Gasteiger partial charge in [0, 0.05) is 37.3 Å². The minimum atomic E-state index is 0.164. The fourth-order valence-electron chi connectivity index (χ4n) is 3.26. The van der Waals surface area contributed by atoms with E-state index in [0.29, 0.717) is 6.42 Å². The highest BCUT2D eigenvalue weighted by Crippen LogP contribution is 2.18. The first-order valence-corrected chi connectivity index (χ1v) is 8.31. The first-order chi connectivity index (χ1) is 11.8. The largest absolute Gasteiger partial charge is 0.368 e. The van der Waals surface area contributed by atoms with Gasteiger partial charge >= 0.3 is 0 Å². The molecule has 1 aliphatic rings. The Balaban J connectivity index is 1.40. The van der Waals surface area contributed by atoms with Crippen molar-refractivity contribution in [3.63, 3.8) is 0 Å². The lowest BCUT2D eigenvalue weighted by Gasteiger charge is -2.36. The van der Waals surface area contributed by atoms with Gasteiger partial charge in [-0.15, -0.1) is 0 Å². The molecule has 4 rings (SSSR count). The van der Waals surface area contributed by atoms with Crippen molar-refractivity contribution >= 4 is 22.5 Å². The number of rotatable bonds is 3. The van der Waals surface area contributed by atoms with E-state index >= 15 is 0 Å². The maximum absolute atomic E-state index is 12.6. The Morgan fingerprint density at radius 3 is 2.46 bits per heavy atom. The molecule has 1 aliphatic heterocycles. The number of carbonyl (C=O) groups is 1. The van der Waals surface area contributed by atoms with Gasteiger partial charge in [-0.3, -0.25) is 9.89 Å². The first kappa shape index (κ1) is 14.8. The third kappa shape index (κ3) is 2.85. The van der Waals surface area contributed by atoms with Gasteiger partial charge in [-0.05, 0) is 18.2 Å². The van der Waals surface area contributed by atoms with Gasteiger partial charge in [0.15, 0.2) is 0 Å². The van der Waals surface area contributed by atoms with Crippen molar-refractivity contribution in [2.75, 3.05) is 31.1 Å². The average molecular weight is 320 g/mol. The summed E-state index contributed by atoms with van der Waals surface area (Å²) in [5, 5.41) is 8.31. The molecule has 0 unspecified atom stereocenters. The molecule has 1 amide bonds. The lowest BCUT2D eigenvalue weighted by Crippen LogP contribution is -2.49. The molecule has 0 bridgehead atoms. The van der Waals surface area contributed by atoms with E-state index in [1.807, 2.05) is 35.2 Å². The van der Waals surface area contributed by atoms with Crippen LogP contribution in [0.1, 0.15) is 5.69 Å². The molecular formula is C19H20N4O. The summed E-state index contributed by atoms with van der Waals surface area (Å²) < 4.78 is 0. The highest BCUT2D eigenvalue weighted by atomic mass is 16.2. The topological polar surface area (TPSA) is 52.2 Å². The number of H-pyrrole nitrogens is 1. The van der Waals surface area contributed by atoms with E-state index in [4.69, 9.17) is 0 Å². The molecule has 1 aromatic heterocycles. The second kappa shape index (κ2) is 6.35. The standard InChI is InChI=1S/C19H20N4O/c24-19(14-18-16-8-4-5-9-17(16)20-21-18)23-12-10-22(11-13-23)15-6-2-1-3-7-15/h1-9H,10-14H2,(H,20,21). The van der Waals surface area contributed by atoms with Crippen LogP contribution in [0.25, 0.3) is 10.9 Å². The molecule has 1 N–H and O–H groups in total. The number of nitrogens with zero attached hydrogens (tertiary/aromatic N) is 3. The average Bonchev–Trinajstić information content (AvgIpc) is 3.06. The highest BCUT2D eigenvalue weighted by Gasteiger charge is 2.22. The lowest BCUT2D eigenvalue weighted by molar-refractivity contribution is -0.130. The zero-order valence-electron chi connectivity index (χ0n) is 13.5. The lowest BCUT2D eigenvalue weighted by atomic mass is 10.1. The molecule has 2 aromatic carbocycles. The Kier molecular flexibility index (Phi) is 3.91. The van der Waals surface area contributed by atoms with Gasteiger partial charge in [-0.1, -0.05) is 36.4 Å². The molecule has 24 heavy (non-hydrogen) atoms. The summed E-state index contributed by atoms with van der Waals surface area (Å²) >= 11 is 0. The van der Waals surface area contributed by atoms with Gasteiger partial charge in [0.05, 0.1) is 17.6 Å². The summed E-state index contributed by atoms with van der Waals surface area (Å²) in [6.45, 7) is 3.28. The highest BCUT2D eigenvalue weighted by molar-refractivity contribution is 5.87. The molecule has 0 aliphatic carbocycles. The molecule has 0 spiro atoms. The van der Waals surface area contributed by atoms with Gasteiger partial charge in [-0.25, -0.2) is 0 Å². The Labute approximate surface area is 140 Å². The molecule has 5 heteroatoms. The molecule has 0 atom stereocenters. The molecule has 1 saturated heterocycles. The Hall–Kier alpha value is -2.82. The first-order valence-electron chi connectivity index (χ1n) is 8.31. The number of fused-ring (bicyclic) bond motifs is 1. The number of hydrogen-bond acceptors (Lipinski definition) is 3. The van der Waals surface area contributed by atoms with Gasteiger partial charge in [-0.2, -0.15) is 5.10 Å². The third-order valence-electron chi connectivity index (χ3n) is 4.62. The van der Waals surface area contributed by atoms with Crippen LogP contribution < -0.4 is 4.90 Å². The molecule has 122 valence electrons. The van der Waals surface area contributed by atoms with Gasteiger partial charge in [0.2, 0.25) is 5.91 Å². The van der Waals surface area contributed by atoms with Crippen LogP contribution in [0.5, 0.6) is 0 Å². The fourth-order valence-corrected chi connectivity index (χ4v) is 3.26. The quantitative estimate of drug-likeness (QED) is 0.806. The van der Waals surface area contributed by atoms with Crippen molar-refractivity contribution in [3.8, 4) is 0 Å². The fraction of sp³-hybridized carbons (Fsp3) is 0.263. The molecule has 0 saturated carbocycles. The SMILES string of the molecule is O=C(Cc1[nH]nc2ccccc12)N1CCN(c2ccccc2)CC1. The Morgan fingerprint density at radius 1 is 0.958 bits per heavy atom. The number of piperazine rings is 1. The van der Waals surface area contributed by atoms with E-state index in [0.717, 1.165) is 42.8 Å². The van der Waals surface area contributed by atoms with Gasteiger partial charge in [0.1, 0.15) is 0 Å². The molecule has 2 heterocycles. The number of benzene rings is 2. The van der Waals surface area contributed by atoms with Crippen molar-refractivity contribution in [2.45, 2.75) is 6.42 Å². The number of nitrogens with one attached hydrogen (secondary N) is 1. The van der Waals surface area contributed by atoms with E-state index in [2.05, 4.69) is 39.4 Å².